The molecule has 0 aliphatic carbocycles. The third-order valence-corrected chi connectivity index (χ3v) is 3.58. The van der Waals surface area contributed by atoms with Gasteiger partial charge in [0.25, 0.3) is 0 Å². The first-order valence-corrected chi connectivity index (χ1v) is 7.35. The number of hydrogen-bond acceptors (Lipinski definition) is 3. The van der Waals surface area contributed by atoms with E-state index in [9.17, 15) is 4.79 Å². The van der Waals surface area contributed by atoms with Crippen LogP contribution in [0.5, 0.6) is 0 Å². The Morgan fingerprint density at radius 3 is 2.67 bits per heavy atom. The zero-order chi connectivity index (χ0) is 13.5. The number of rotatable bonds is 6. The minimum atomic E-state index is -0.252. The zero-order valence-electron chi connectivity index (χ0n) is 11.2. The highest BCUT2D eigenvalue weighted by Crippen LogP contribution is 2.23. The molecule has 3 nitrogen and oxygen atoms in total. The first kappa shape index (κ1) is 15.3. The summed E-state index contributed by atoms with van der Waals surface area (Å²) in [5.41, 5.74) is 1.78. The van der Waals surface area contributed by atoms with Gasteiger partial charge in [-0.3, -0.25) is 0 Å². The molecule has 0 saturated heterocycles. The minimum Gasteiger partial charge on any atom is -0.462 e. The monoisotopic (exact) mass is 361 g/mol. The molecule has 0 aromatic heterocycles. The molecular weight excluding hydrogens is 341 g/mol. The van der Waals surface area contributed by atoms with Crippen molar-refractivity contribution in [3.8, 4) is 0 Å². The van der Waals surface area contributed by atoms with Gasteiger partial charge in [0.05, 0.1) is 12.2 Å². The lowest BCUT2D eigenvalue weighted by atomic mass is 10.2. The fourth-order valence-corrected chi connectivity index (χ4v) is 2.60. The van der Waals surface area contributed by atoms with Gasteiger partial charge in [0.2, 0.25) is 0 Å². The standard InChI is InChI=1S/C14H20INO2/c1-4-6-9-16(3)13-8-7-11(10-12(13)15)14(17)18-5-2/h7-8,10H,4-6,9H2,1-3H3. The van der Waals surface area contributed by atoms with Gasteiger partial charge in [0.15, 0.2) is 0 Å². The second-order valence-corrected chi connectivity index (χ2v) is 5.32. The van der Waals surface area contributed by atoms with Crippen molar-refractivity contribution in [1.29, 1.82) is 0 Å². The summed E-state index contributed by atoms with van der Waals surface area (Å²) in [4.78, 5) is 13.8. The van der Waals surface area contributed by atoms with Gasteiger partial charge in [-0.1, -0.05) is 13.3 Å². The van der Waals surface area contributed by atoms with Crippen LogP contribution in [0.15, 0.2) is 18.2 Å². The molecule has 0 aliphatic rings. The second kappa shape index (κ2) is 7.61. The summed E-state index contributed by atoms with van der Waals surface area (Å²) in [7, 11) is 2.08. The van der Waals surface area contributed by atoms with Gasteiger partial charge in [0, 0.05) is 22.8 Å². The van der Waals surface area contributed by atoms with E-state index >= 15 is 0 Å². The zero-order valence-corrected chi connectivity index (χ0v) is 13.4. The smallest absolute Gasteiger partial charge is 0.338 e. The predicted molar refractivity (Wildman–Crippen MR) is 83.3 cm³/mol. The summed E-state index contributed by atoms with van der Waals surface area (Å²) in [6.45, 7) is 5.44. The molecule has 18 heavy (non-hydrogen) atoms. The van der Waals surface area contributed by atoms with E-state index in [4.69, 9.17) is 4.74 Å². The van der Waals surface area contributed by atoms with Gasteiger partial charge < -0.3 is 9.64 Å². The molecule has 0 unspecified atom stereocenters. The second-order valence-electron chi connectivity index (χ2n) is 4.16. The van der Waals surface area contributed by atoms with E-state index in [0.29, 0.717) is 12.2 Å². The lowest BCUT2D eigenvalue weighted by Crippen LogP contribution is -2.19. The Bertz CT molecular complexity index is 407. The topological polar surface area (TPSA) is 29.5 Å². The lowest BCUT2D eigenvalue weighted by Gasteiger charge is -2.20. The molecule has 0 heterocycles. The van der Waals surface area contributed by atoms with Crippen LogP contribution >= 0.6 is 22.6 Å². The van der Waals surface area contributed by atoms with Crippen molar-refractivity contribution in [1.82, 2.24) is 0 Å². The molecule has 0 radical (unpaired) electrons. The Labute approximate surface area is 123 Å². The fraction of sp³-hybridized carbons (Fsp3) is 0.500. The number of unbranched alkanes of at least 4 members (excludes halogenated alkanes) is 1. The van der Waals surface area contributed by atoms with Gasteiger partial charge >= 0.3 is 5.97 Å². The molecule has 1 aromatic carbocycles. The Balaban J connectivity index is 2.82. The SMILES string of the molecule is CCCCN(C)c1ccc(C(=O)OCC)cc1I. The predicted octanol–water partition coefficient (Wildman–Crippen LogP) is 3.70. The first-order chi connectivity index (χ1) is 8.60. The van der Waals surface area contributed by atoms with E-state index in [2.05, 4.69) is 41.5 Å². The van der Waals surface area contributed by atoms with Crippen LogP contribution in [-0.4, -0.2) is 26.2 Å². The van der Waals surface area contributed by atoms with Crippen LogP contribution in [0.3, 0.4) is 0 Å². The number of carbonyl (C=O) groups excluding carboxylic acids is 1. The minimum absolute atomic E-state index is 0.252. The van der Waals surface area contributed by atoms with Crippen LogP contribution in [0, 0.1) is 3.57 Å². The van der Waals surface area contributed by atoms with E-state index < -0.39 is 0 Å². The number of nitrogens with zero attached hydrogens (tertiary/aromatic N) is 1. The Hall–Kier alpha value is -0.780. The van der Waals surface area contributed by atoms with Crippen molar-refractivity contribution in [3.05, 3.63) is 27.3 Å². The van der Waals surface area contributed by atoms with Crippen LogP contribution in [0.2, 0.25) is 0 Å². The van der Waals surface area contributed by atoms with Crippen molar-refractivity contribution in [2.75, 3.05) is 25.1 Å². The average molecular weight is 361 g/mol. The number of benzene rings is 1. The van der Waals surface area contributed by atoms with E-state index in [1.165, 1.54) is 12.8 Å². The normalized spacial score (nSPS) is 10.2. The molecule has 0 amide bonds. The van der Waals surface area contributed by atoms with Gasteiger partial charge in [-0.25, -0.2) is 4.79 Å². The van der Waals surface area contributed by atoms with Crippen molar-refractivity contribution < 1.29 is 9.53 Å². The maximum atomic E-state index is 11.6. The Morgan fingerprint density at radius 2 is 2.11 bits per heavy atom. The largest absolute Gasteiger partial charge is 0.462 e. The van der Waals surface area contributed by atoms with E-state index in [-0.39, 0.29) is 5.97 Å². The maximum absolute atomic E-state index is 11.6. The molecule has 0 N–H and O–H groups in total. The van der Waals surface area contributed by atoms with Crippen molar-refractivity contribution in [2.45, 2.75) is 26.7 Å². The van der Waals surface area contributed by atoms with Crippen molar-refractivity contribution >= 4 is 34.2 Å². The third-order valence-electron chi connectivity index (χ3n) is 2.72. The molecule has 4 heteroatoms. The molecular formula is C14H20INO2. The summed E-state index contributed by atoms with van der Waals surface area (Å²) < 4.78 is 6.07. The molecule has 0 bridgehead atoms. The molecule has 1 aromatic rings. The third kappa shape index (κ3) is 4.15. The summed E-state index contributed by atoms with van der Waals surface area (Å²) in [6, 6.07) is 5.71. The summed E-state index contributed by atoms with van der Waals surface area (Å²) in [5.74, 6) is -0.252. The number of halogens is 1. The molecule has 100 valence electrons. The molecule has 0 spiro atoms. The van der Waals surface area contributed by atoms with Gasteiger partial charge in [-0.15, -0.1) is 0 Å². The average Bonchev–Trinajstić information content (AvgIpc) is 2.36. The molecule has 0 aliphatic heterocycles. The van der Waals surface area contributed by atoms with Crippen molar-refractivity contribution in [2.24, 2.45) is 0 Å². The summed E-state index contributed by atoms with van der Waals surface area (Å²) in [5, 5.41) is 0. The highest BCUT2D eigenvalue weighted by atomic mass is 127. The molecule has 0 fully saturated rings. The number of hydrogen-bond donors (Lipinski definition) is 0. The van der Waals surface area contributed by atoms with Crippen LogP contribution < -0.4 is 4.90 Å². The number of carbonyl (C=O) groups is 1. The lowest BCUT2D eigenvalue weighted by molar-refractivity contribution is 0.0526. The van der Waals surface area contributed by atoms with E-state index in [0.717, 1.165) is 15.8 Å². The van der Waals surface area contributed by atoms with Crippen molar-refractivity contribution in [3.63, 3.8) is 0 Å². The van der Waals surface area contributed by atoms with Crippen LogP contribution in [0.1, 0.15) is 37.0 Å². The van der Waals surface area contributed by atoms with Crippen LogP contribution in [0.4, 0.5) is 5.69 Å². The Kier molecular flexibility index (Phi) is 6.46. The molecule has 0 saturated carbocycles. The van der Waals surface area contributed by atoms with E-state index in [1.807, 2.05) is 25.1 Å². The van der Waals surface area contributed by atoms with Gasteiger partial charge in [0.1, 0.15) is 0 Å². The summed E-state index contributed by atoms with van der Waals surface area (Å²) >= 11 is 2.27. The Morgan fingerprint density at radius 1 is 1.39 bits per heavy atom. The fourth-order valence-electron chi connectivity index (χ4n) is 1.67. The quantitative estimate of drug-likeness (QED) is 0.572. The number of anilines is 1. The number of ether oxygens (including phenoxy) is 1. The highest BCUT2D eigenvalue weighted by molar-refractivity contribution is 14.1. The maximum Gasteiger partial charge on any atom is 0.338 e. The number of esters is 1. The van der Waals surface area contributed by atoms with Gasteiger partial charge in [-0.2, -0.15) is 0 Å². The van der Waals surface area contributed by atoms with Crippen LogP contribution in [0.25, 0.3) is 0 Å². The summed E-state index contributed by atoms with van der Waals surface area (Å²) in [6.07, 6.45) is 2.36. The highest BCUT2D eigenvalue weighted by Gasteiger charge is 2.11. The van der Waals surface area contributed by atoms with Crippen LogP contribution in [-0.2, 0) is 4.74 Å². The van der Waals surface area contributed by atoms with E-state index in [1.54, 1.807) is 0 Å². The molecule has 0 atom stereocenters. The first-order valence-electron chi connectivity index (χ1n) is 6.28. The van der Waals surface area contributed by atoms with Gasteiger partial charge in [-0.05, 0) is 54.1 Å². The molecule has 1 rings (SSSR count).